The highest BCUT2D eigenvalue weighted by Crippen LogP contribution is 2.22. The second kappa shape index (κ2) is 6.10. The van der Waals surface area contributed by atoms with Crippen molar-refractivity contribution in [2.75, 3.05) is 0 Å². The largest absolute Gasteiger partial charge is 0.341 e. The molecule has 2 heterocycles. The molecule has 0 bridgehead atoms. The first kappa shape index (κ1) is 13.8. The molecule has 3 nitrogen and oxygen atoms in total. The minimum absolute atomic E-state index is 0.216. The second-order valence-corrected chi connectivity index (χ2v) is 5.49. The van der Waals surface area contributed by atoms with Crippen molar-refractivity contribution >= 4 is 10.9 Å². The molecule has 0 saturated heterocycles. The van der Waals surface area contributed by atoms with E-state index in [4.69, 9.17) is 5.73 Å². The van der Waals surface area contributed by atoms with Crippen molar-refractivity contribution in [1.82, 2.24) is 9.55 Å². The van der Waals surface area contributed by atoms with Gasteiger partial charge in [0.25, 0.3) is 0 Å². The molecular weight excluding hydrogens is 258 g/mol. The number of hydrogen-bond donors (Lipinski definition) is 1. The van der Waals surface area contributed by atoms with Gasteiger partial charge in [-0.15, -0.1) is 0 Å². The maximum atomic E-state index is 6.15. The Bertz CT molecular complexity index is 716. The average molecular weight is 279 g/mol. The summed E-state index contributed by atoms with van der Waals surface area (Å²) in [4.78, 5) is 4.42. The summed E-state index contributed by atoms with van der Waals surface area (Å²) >= 11 is 0. The van der Waals surface area contributed by atoms with Crippen molar-refractivity contribution in [1.29, 1.82) is 0 Å². The topological polar surface area (TPSA) is 43.8 Å². The van der Waals surface area contributed by atoms with Crippen LogP contribution in [0.25, 0.3) is 10.9 Å². The number of benzene rings is 1. The summed E-state index contributed by atoms with van der Waals surface area (Å²) < 4.78 is 2.27. The van der Waals surface area contributed by atoms with Crippen LogP contribution in [0.3, 0.4) is 0 Å². The number of fused-ring (bicyclic) bond motifs is 1. The second-order valence-electron chi connectivity index (χ2n) is 5.49. The summed E-state index contributed by atoms with van der Waals surface area (Å²) in [6.07, 6.45) is 5.90. The zero-order valence-electron chi connectivity index (χ0n) is 12.4. The molecule has 21 heavy (non-hydrogen) atoms. The van der Waals surface area contributed by atoms with Crippen LogP contribution in [0.15, 0.2) is 54.9 Å². The Hall–Kier alpha value is -2.13. The van der Waals surface area contributed by atoms with Crippen LogP contribution in [0, 0.1) is 0 Å². The molecular formula is C18H21N3. The van der Waals surface area contributed by atoms with Gasteiger partial charge in [-0.3, -0.25) is 4.98 Å². The lowest BCUT2D eigenvalue weighted by atomic mass is 10.0. The maximum absolute atomic E-state index is 6.15. The maximum Gasteiger partial charge on any atom is 0.0648 e. The van der Waals surface area contributed by atoms with Crippen LogP contribution in [0.4, 0.5) is 0 Å². The van der Waals surface area contributed by atoms with Crippen molar-refractivity contribution < 1.29 is 0 Å². The van der Waals surface area contributed by atoms with Gasteiger partial charge in [0, 0.05) is 18.4 Å². The Kier molecular flexibility index (Phi) is 4.02. The summed E-state index contributed by atoms with van der Waals surface area (Å²) in [5, 5.41) is 1.27. The molecule has 3 aromatic rings. The molecule has 0 radical (unpaired) electrons. The molecule has 1 atom stereocenters. The number of nitrogens with two attached hydrogens (primary N) is 1. The van der Waals surface area contributed by atoms with Crippen molar-refractivity contribution in [3.05, 3.63) is 66.1 Å². The van der Waals surface area contributed by atoms with Gasteiger partial charge >= 0.3 is 0 Å². The van der Waals surface area contributed by atoms with E-state index in [1.54, 1.807) is 0 Å². The Balaban J connectivity index is 1.99. The predicted octanol–water partition coefficient (Wildman–Crippen LogP) is 3.36. The average Bonchev–Trinajstić information content (AvgIpc) is 2.92. The van der Waals surface area contributed by atoms with Crippen molar-refractivity contribution in [2.45, 2.75) is 32.4 Å². The summed E-state index contributed by atoms with van der Waals surface area (Å²) in [5.74, 6) is 0. The molecule has 0 amide bonds. The van der Waals surface area contributed by atoms with E-state index in [0.29, 0.717) is 0 Å². The minimum Gasteiger partial charge on any atom is -0.341 e. The van der Waals surface area contributed by atoms with Crippen LogP contribution in [-0.4, -0.2) is 15.6 Å². The molecule has 0 aliphatic heterocycles. The van der Waals surface area contributed by atoms with E-state index >= 15 is 0 Å². The monoisotopic (exact) mass is 279 g/mol. The summed E-state index contributed by atoms with van der Waals surface area (Å²) in [6.45, 7) is 2.93. The van der Waals surface area contributed by atoms with E-state index in [-0.39, 0.29) is 6.04 Å². The van der Waals surface area contributed by atoms with Crippen molar-refractivity contribution in [2.24, 2.45) is 5.73 Å². The Morgan fingerprint density at radius 3 is 2.81 bits per heavy atom. The van der Waals surface area contributed by atoms with E-state index in [1.165, 1.54) is 16.5 Å². The highest BCUT2D eigenvalue weighted by atomic mass is 15.0. The van der Waals surface area contributed by atoms with Gasteiger partial charge in [0.2, 0.25) is 0 Å². The van der Waals surface area contributed by atoms with Crippen molar-refractivity contribution in [3.63, 3.8) is 0 Å². The van der Waals surface area contributed by atoms with Gasteiger partial charge < -0.3 is 10.3 Å². The number of nitrogens with zero attached hydrogens (tertiary/aromatic N) is 2. The summed E-state index contributed by atoms with van der Waals surface area (Å²) in [7, 11) is 0. The van der Waals surface area contributed by atoms with Gasteiger partial charge in [0.05, 0.1) is 17.8 Å². The van der Waals surface area contributed by atoms with Gasteiger partial charge in [-0.25, -0.2) is 0 Å². The third-order valence-electron chi connectivity index (χ3n) is 3.94. The van der Waals surface area contributed by atoms with Crippen LogP contribution in [0.1, 0.15) is 24.6 Å². The number of para-hydroxylation sites is 1. The molecule has 0 fully saturated rings. The smallest absolute Gasteiger partial charge is 0.0648 e. The third-order valence-corrected chi connectivity index (χ3v) is 3.94. The fourth-order valence-corrected chi connectivity index (χ4v) is 2.73. The van der Waals surface area contributed by atoms with Gasteiger partial charge in [-0.1, -0.05) is 31.2 Å². The molecule has 3 heteroatoms. The number of hydrogen-bond acceptors (Lipinski definition) is 2. The molecule has 0 aliphatic rings. The lowest BCUT2D eigenvalue weighted by Crippen LogP contribution is -2.21. The van der Waals surface area contributed by atoms with Crippen LogP contribution in [0.5, 0.6) is 0 Å². The zero-order chi connectivity index (χ0) is 14.7. The molecule has 2 N–H and O–H groups in total. The van der Waals surface area contributed by atoms with E-state index < -0.39 is 0 Å². The highest BCUT2D eigenvalue weighted by molar-refractivity contribution is 5.83. The van der Waals surface area contributed by atoms with Gasteiger partial charge in [0.15, 0.2) is 0 Å². The number of rotatable bonds is 5. The molecule has 0 aliphatic carbocycles. The zero-order valence-corrected chi connectivity index (χ0v) is 12.4. The molecule has 2 aromatic heterocycles. The lowest BCUT2D eigenvalue weighted by molar-refractivity contribution is 0.646. The quantitative estimate of drug-likeness (QED) is 0.778. The fourth-order valence-electron chi connectivity index (χ4n) is 2.73. The predicted molar refractivity (Wildman–Crippen MR) is 87.2 cm³/mol. The van der Waals surface area contributed by atoms with E-state index in [1.807, 2.05) is 18.3 Å². The molecule has 3 rings (SSSR count). The van der Waals surface area contributed by atoms with Gasteiger partial charge in [0.1, 0.15) is 0 Å². The molecule has 0 saturated carbocycles. The standard InChI is InChI=1S/C18H21N3/c1-2-16(19)12-15-7-5-6-14-9-11-21(18(14)15)13-17-8-3-4-10-20-17/h3-11,16H,2,12-13,19H2,1H3. The minimum atomic E-state index is 0.216. The number of aromatic nitrogens is 2. The fraction of sp³-hybridized carbons (Fsp3) is 0.278. The third kappa shape index (κ3) is 2.98. The Morgan fingerprint density at radius 2 is 2.05 bits per heavy atom. The van der Waals surface area contributed by atoms with Crippen LogP contribution >= 0.6 is 0 Å². The van der Waals surface area contributed by atoms with E-state index in [9.17, 15) is 0 Å². The van der Waals surface area contributed by atoms with E-state index in [2.05, 4.69) is 53.0 Å². The molecule has 1 unspecified atom stereocenters. The van der Waals surface area contributed by atoms with Gasteiger partial charge in [-0.2, -0.15) is 0 Å². The first-order chi connectivity index (χ1) is 10.3. The van der Waals surface area contributed by atoms with Gasteiger partial charge in [-0.05, 0) is 42.0 Å². The Labute approximate surface area is 125 Å². The normalized spacial score (nSPS) is 12.7. The molecule has 1 aromatic carbocycles. The molecule has 0 spiro atoms. The SMILES string of the molecule is CCC(N)Cc1cccc2ccn(Cc3ccccn3)c12. The highest BCUT2D eigenvalue weighted by Gasteiger charge is 2.10. The van der Waals surface area contributed by atoms with E-state index in [0.717, 1.165) is 25.1 Å². The summed E-state index contributed by atoms with van der Waals surface area (Å²) in [6, 6.07) is 14.9. The molecule has 108 valence electrons. The Morgan fingerprint density at radius 1 is 1.14 bits per heavy atom. The van der Waals surface area contributed by atoms with Crippen LogP contribution in [0.2, 0.25) is 0 Å². The van der Waals surface area contributed by atoms with Crippen molar-refractivity contribution in [3.8, 4) is 0 Å². The first-order valence-electron chi connectivity index (χ1n) is 7.50. The van der Waals surface area contributed by atoms with Crippen LogP contribution in [-0.2, 0) is 13.0 Å². The number of pyridine rings is 1. The lowest BCUT2D eigenvalue weighted by Gasteiger charge is -2.13. The summed E-state index contributed by atoms with van der Waals surface area (Å²) in [5.41, 5.74) is 9.83. The first-order valence-corrected chi connectivity index (χ1v) is 7.50. The van der Waals surface area contributed by atoms with Crippen LogP contribution < -0.4 is 5.73 Å².